The highest BCUT2D eigenvalue weighted by atomic mass is 32.2. The lowest BCUT2D eigenvalue weighted by molar-refractivity contribution is -0.136. The summed E-state index contributed by atoms with van der Waals surface area (Å²) in [6.07, 6.45) is -0.401. The van der Waals surface area contributed by atoms with Crippen LogP contribution in [0.5, 0.6) is 0 Å². The minimum atomic E-state index is -4.12. The van der Waals surface area contributed by atoms with Crippen LogP contribution in [0.4, 0.5) is 0 Å². The van der Waals surface area contributed by atoms with Crippen LogP contribution >= 0.6 is 0 Å². The van der Waals surface area contributed by atoms with Gasteiger partial charge in [0, 0.05) is 20.6 Å². The van der Waals surface area contributed by atoms with E-state index in [1.807, 2.05) is 0 Å². The third kappa shape index (κ3) is 4.24. The number of nitrogens with one attached hydrogen (secondary N) is 1. The zero-order chi connectivity index (χ0) is 16.3. The van der Waals surface area contributed by atoms with Crippen LogP contribution < -0.4 is 4.72 Å². The number of carboxylic acid groups (broad SMARTS) is 1. The number of carbonyl (C=O) groups is 1. The second kappa shape index (κ2) is 6.52. The fraction of sp³-hybridized carbons (Fsp3) is 0.364. The number of rotatable bonds is 7. The molecule has 0 atom stereocenters. The summed E-state index contributed by atoms with van der Waals surface area (Å²) in [5, 5.41) is 8.50. The number of nitrogens with zero attached hydrogens (tertiary/aromatic N) is 1. The van der Waals surface area contributed by atoms with Crippen molar-refractivity contribution in [1.82, 2.24) is 9.03 Å². The van der Waals surface area contributed by atoms with E-state index < -0.39 is 37.3 Å². The molecule has 8 nitrogen and oxygen atoms in total. The quantitative estimate of drug-likeness (QED) is 0.704. The monoisotopic (exact) mass is 336 g/mol. The number of hydrogen-bond donors (Lipinski definition) is 2. The van der Waals surface area contributed by atoms with Crippen molar-refractivity contribution in [3.8, 4) is 0 Å². The van der Waals surface area contributed by atoms with Crippen LogP contribution in [-0.4, -0.2) is 52.9 Å². The van der Waals surface area contributed by atoms with Crippen molar-refractivity contribution in [2.24, 2.45) is 0 Å². The summed E-state index contributed by atoms with van der Waals surface area (Å²) in [4.78, 5) is 9.62. The van der Waals surface area contributed by atoms with Gasteiger partial charge in [-0.1, -0.05) is 12.1 Å². The molecule has 0 unspecified atom stereocenters. The maximum absolute atomic E-state index is 12.1. The largest absolute Gasteiger partial charge is 0.481 e. The molecular weight excluding hydrogens is 320 g/mol. The Bertz CT molecular complexity index is 725. The molecule has 10 heteroatoms. The van der Waals surface area contributed by atoms with Crippen molar-refractivity contribution in [2.75, 3.05) is 20.6 Å². The smallest absolute Gasteiger partial charge is 0.304 e. The molecule has 0 bridgehead atoms. The molecule has 0 spiro atoms. The Hall–Kier alpha value is -1.49. The van der Waals surface area contributed by atoms with Gasteiger partial charge in [0.1, 0.15) is 9.79 Å². The SMILES string of the molecule is CN(C)S(=O)(=O)c1ccccc1S(=O)(=O)NCCC(=O)O. The van der Waals surface area contributed by atoms with Gasteiger partial charge in [-0.3, -0.25) is 4.79 Å². The Balaban J connectivity index is 3.23. The van der Waals surface area contributed by atoms with Crippen molar-refractivity contribution in [1.29, 1.82) is 0 Å². The fourth-order valence-corrected chi connectivity index (χ4v) is 4.18. The molecular formula is C11H16N2O6S2. The highest BCUT2D eigenvalue weighted by Crippen LogP contribution is 2.22. The zero-order valence-electron chi connectivity index (χ0n) is 11.5. The van der Waals surface area contributed by atoms with Crippen molar-refractivity contribution < 1.29 is 26.7 Å². The van der Waals surface area contributed by atoms with Crippen LogP contribution in [-0.2, 0) is 24.8 Å². The number of aliphatic carboxylic acids is 1. The van der Waals surface area contributed by atoms with Gasteiger partial charge >= 0.3 is 5.97 Å². The highest BCUT2D eigenvalue weighted by Gasteiger charge is 2.27. The van der Waals surface area contributed by atoms with E-state index in [0.29, 0.717) is 0 Å². The van der Waals surface area contributed by atoms with Crippen LogP contribution in [0, 0.1) is 0 Å². The van der Waals surface area contributed by atoms with E-state index in [1.165, 1.54) is 32.3 Å². The van der Waals surface area contributed by atoms with Gasteiger partial charge in [0.25, 0.3) is 0 Å². The normalized spacial score (nSPS) is 12.5. The molecule has 0 aromatic heterocycles. The molecule has 0 heterocycles. The van der Waals surface area contributed by atoms with Gasteiger partial charge in [0.2, 0.25) is 20.0 Å². The van der Waals surface area contributed by atoms with E-state index >= 15 is 0 Å². The molecule has 0 radical (unpaired) electrons. The van der Waals surface area contributed by atoms with E-state index in [9.17, 15) is 21.6 Å². The topological polar surface area (TPSA) is 121 Å². The van der Waals surface area contributed by atoms with Crippen molar-refractivity contribution in [3.05, 3.63) is 24.3 Å². The lowest BCUT2D eigenvalue weighted by atomic mass is 10.4. The zero-order valence-corrected chi connectivity index (χ0v) is 13.1. The first kappa shape index (κ1) is 17.6. The molecule has 1 rings (SSSR count). The van der Waals surface area contributed by atoms with Crippen LogP contribution in [0.15, 0.2) is 34.1 Å². The van der Waals surface area contributed by atoms with Gasteiger partial charge in [-0.15, -0.1) is 0 Å². The van der Waals surface area contributed by atoms with E-state index in [1.54, 1.807) is 0 Å². The Kier molecular flexibility index (Phi) is 5.45. The minimum Gasteiger partial charge on any atom is -0.481 e. The maximum atomic E-state index is 12.1. The molecule has 0 amide bonds. The van der Waals surface area contributed by atoms with Crippen molar-refractivity contribution in [3.63, 3.8) is 0 Å². The van der Waals surface area contributed by atoms with Crippen LogP contribution in [0.25, 0.3) is 0 Å². The third-order valence-corrected chi connectivity index (χ3v) is 6.05. The summed E-state index contributed by atoms with van der Waals surface area (Å²) in [5.74, 6) is -1.16. The number of hydrogen-bond acceptors (Lipinski definition) is 5. The second-order valence-corrected chi connectivity index (χ2v) is 8.13. The van der Waals surface area contributed by atoms with E-state index in [-0.39, 0.29) is 11.4 Å². The molecule has 1 aromatic rings. The molecule has 21 heavy (non-hydrogen) atoms. The van der Waals surface area contributed by atoms with E-state index in [4.69, 9.17) is 5.11 Å². The maximum Gasteiger partial charge on any atom is 0.304 e. The lowest BCUT2D eigenvalue weighted by Crippen LogP contribution is -2.30. The summed E-state index contributed by atoms with van der Waals surface area (Å²) < 4.78 is 51.4. The summed E-state index contributed by atoms with van der Waals surface area (Å²) in [5.41, 5.74) is 0. The van der Waals surface area contributed by atoms with Crippen LogP contribution in [0.3, 0.4) is 0 Å². The average Bonchev–Trinajstić information content (AvgIpc) is 2.37. The van der Waals surface area contributed by atoms with Gasteiger partial charge in [0.05, 0.1) is 6.42 Å². The first-order valence-corrected chi connectivity index (χ1v) is 8.74. The molecule has 2 N–H and O–H groups in total. The number of sulfonamides is 2. The van der Waals surface area contributed by atoms with Gasteiger partial charge < -0.3 is 5.11 Å². The van der Waals surface area contributed by atoms with Crippen LogP contribution in [0.1, 0.15) is 6.42 Å². The summed E-state index contributed by atoms with van der Waals surface area (Å²) in [6, 6.07) is 5.13. The molecule has 0 saturated carbocycles. The molecule has 0 aliphatic rings. The first-order chi connectivity index (χ1) is 9.59. The van der Waals surface area contributed by atoms with Crippen molar-refractivity contribution in [2.45, 2.75) is 16.2 Å². The lowest BCUT2D eigenvalue weighted by Gasteiger charge is -2.15. The van der Waals surface area contributed by atoms with Gasteiger partial charge in [0.15, 0.2) is 0 Å². The number of benzene rings is 1. The standard InChI is InChI=1S/C11H16N2O6S2/c1-13(2)21(18,19)10-6-4-3-5-9(10)20(16,17)12-8-7-11(14)15/h3-6,12H,7-8H2,1-2H3,(H,14,15). The molecule has 118 valence electrons. The summed E-state index contributed by atoms with van der Waals surface area (Å²) in [6.45, 7) is -0.325. The average molecular weight is 336 g/mol. The van der Waals surface area contributed by atoms with Crippen LogP contribution in [0.2, 0.25) is 0 Å². The Morgan fingerprint density at radius 1 is 1.14 bits per heavy atom. The second-order valence-electron chi connectivity index (χ2n) is 4.28. The van der Waals surface area contributed by atoms with E-state index in [0.717, 1.165) is 10.4 Å². The molecule has 0 aliphatic heterocycles. The fourth-order valence-electron chi connectivity index (χ4n) is 1.45. The van der Waals surface area contributed by atoms with Gasteiger partial charge in [-0.05, 0) is 12.1 Å². The molecule has 1 aromatic carbocycles. The van der Waals surface area contributed by atoms with Gasteiger partial charge in [-0.25, -0.2) is 25.9 Å². The number of carboxylic acids is 1. The van der Waals surface area contributed by atoms with E-state index in [2.05, 4.69) is 4.72 Å². The molecule has 0 saturated heterocycles. The predicted octanol–water partition coefficient (Wildman–Crippen LogP) is -0.310. The first-order valence-electron chi connectivity index (χ1n) is 5.82. The van der Waals surface area contributed by atoms with Crippen molar-refractivity contribution >= 4 is 26.0 Å². The summed E-state index contributed by atoms with van der Waals surface area (Å²) in [7, 11) is -5.48. The van der Waals surface area contributed by atoms with Gasteiger partial charge in [-0.2, -0.15) is 0 Å². The summed E-state index contributed by atoms with van der Waals surface area (Å²) >= 11 is 0. The molecule has 0 fully saturated rings. The highest BCUT2D eigenvalue weighted by molar-refractivity contribution is 7.92. The minimum absolute atomic E-state index is 0.325. The third-order valence-electron chi connectivity index (χ3n) is 2.53. The predicted molar refractivity (Wildman–Crippen MR) is 74.8 cm³/mol. The Morgan fingerprint density at radius 3 is 2.14 bits per heavy atom. The Morgan fingerprint density at radius 2 is 1.67 bits per heavy atom. The molecule has 0 aliphatic carbocycles. The Labute approximate surface area is 123 Å².